The first kappa shape index (κ1) is 23.8. The zero-order valence-electron chi connectivity index (χ0n) is 16.3. The zero-order valence-corrected chi connectivity index (χ0v) is 19.3. The average molecular weight is 507 g/mol. The highest BCUT2D eigenvalue weighted by molar-refractivity contribution is 6.36. The first-order chi connectivity index (χ1) is 15.4. The quantitative estimate of drug-likeness (QED) is 0.251. The Labute approximate surface area is 204 Å². The van der Waals surface area contributed by atoms with Gasteiger partial charge in [0.05, 0.1) is 23.0 Å². The van der Waals surface area contributed by atoms with Gasteiger partial charge < -0.3 is 0 Å². The van der Waals surface area contributed by atoms with E-state index in [-0.39, 0.29) is 16.5 Å². The molecule has 162 valence electrons. The molecule has 3 rings (SSSR count). The van der Waals surface area contributed by atoms with Crippen LogP contribution in [0, 0.1) is 0 Å². The van der Waals surface area contributed by atoms with Crippen molar-refractivity contribution < 1.29 is 4.79 Å². The van der Waals surface area contributed by atoms with Crippen LogP contribution in [0.2, 0.25) is 20.1 Å². The molecule has 1 amide bonds. The molecule has 3 aromatic rings. The van der Waals surface area contributed by atoms with Gasteiger partial charge in [-0.15, -0.1) is 5.10 Å². The van der Waals surface area contributed by atoms with Gasteiger partial charge in [-0.1, -0.05) is 70.7 Å². The van der Waals surface area contributed by atoms with E-state index in [4.69, 9.17) is 46.4 Å². The van der Waals surface area contributed by atoms with E-state index in [1.165, 1.54) is 24.6 Å². The van der Waals surface area contributed by atoms with E-state index in [2.05, 4.69) is 26.0 Å². The number of halogens is 4. The molecule has 0 aliphatic carbocycles. The molecule has 0 aliphatic rings. The number of benzene rings is 3. The minimum atomic E-state index is -0.535. The largest absolute Gasteiger partial charge is 0.289 e. The Morgan fingerprint density at radius 2 is 1.31 bits per heavy atom. The van der Waals surface area contributed by atoms with Gasteiger partial charge in [0, 0.05) is 15.1 Å². The molecule has 0 heterocycles. The average Bonchev–Trinajstić information content (AvgIpc) is 2.78. The van der Waals surface area contributed by atoms with Crippen LogP contribution in [-0.4, -0.2) is 24.3 Å². The van der Waals surface area contributed by atoms with Gasteiger partial charge in [0.1, 0.15) is 0 Å². The Morgan fingerprint density at radius 3 is 1.94 bits per heavy atom. The van der Waals surface area contributed by atoms with Crippen molar-refractivity contribution in [3.05, 3.63) is 104 Å². The van der Waals surface area contributed by atoms with Gasteiger partial charge in [-0.3, -0.25) is 10.1 Å². The van der Waals surface area contributed by atoms with Crippen molar-refractivity contribution in [1.29, 1.82) is 0 Å². The number of guanidine groups is 1. The monoisotopic (exact) mass is 505 g/mol. The summed E-state index contributed by atoms with van der Waals surface area (Å²) in [5.41, 5.74) is 4.39. The highest BCUT2D eigenvalue weighted by atomic mass is 35.5. The van der Waals surface area contributed by atoms with Crippen molar-refractivity contribution >= 4 is 70.7 Å². The lowest BCUT2D eigenvalue weighted by molar-refractivity contribution is 0.0976. The van der Waals surface area contributed by atoms with E-state index in [0.717, 1.165) is 11.1 Å². The van der Waals surface area contributed by atoms with E-state index in [1.54, 1.807) is 54.6 Å². The fourth-order valence-electron chi connectivity index (χ4n) is 2.34. The maximum atomic E-state index is 12.7. The van der Waals surface area contributed by atoms with Crippen LogP contribution in [0.5, 0.6) is 0 Å². The summed E-state index contributed by atoms with van der Waals surface area (Å²) in [5, 5.41) is 16.5. The summed E-state index contributed by atoms with van der Waals surface area (Å²) in [6.07, 6.45) is 3.03. The summed E-state index contributed by atoms with van der Waals surface area (Å²) < 4.78 is 0. The number of carbonyl (C=O) groups is 1. The van der Waals surface area contributed by atoms with Crippen LogP contribution in [0.3, 0.4) is 0 Å². The fraction of sp³-hybridized carbons (Fsp3) is 0. The van der Waals surface area contributed by atoms with Gasteiger partial charge in [0.25, 0.3) is 5.91 Å². The van der Waals surface area contributed by atoms with Crippen molar-refractivity contribution in [2.24, 2.45) is 15.3 Å². The molecule has 0 radical (unpaired) electrons. The summed E-state index contributed by atoms with van der Waals surface area (Å²) >= 11 is 23.8. The van der Waals surface area contributed by atoms with Gasteiger partial charge in [0.2, 0.25) is 5.96 Å². The minimum Gasteiger partial charge on any atom is -0.289 e. The van der Waals surface area contributed by atoms with Gasteiger partial charge in [-0.25, -0.2) is 5.43 Å². The maximum absolute atomic E-state index is 12.7. The third-order valence-electron chi connectivity index (χ3n) is 3.89. The highest BCUT2D eigenvalue weighted by Crippen LogP contribution is 2.20. The summed E-state index contributed by atoms with van der Waals surface area (Å²) in [5.74, 6) is -0.561. The van der Waals surface area contributed by atoms with E-state index < -0.39 is 5.91 Å². The summed E-state index contributed by atoms with van der Waals surface area (Å²) in [4.78, 5) is 12.7. The number of nitrogens with one attached hydrogen (secondary N) is 2. The van der Waals surface area contributed by atoms with E-state index >= 15 is 0 Å². The van der Waals surface area contributed by atoms with Crippen LogP contribution in [0.15, 0.2) is 82.0 Å². The standard InChI is InChI=1S/C22H15Cl4N5O/c23-16-5-1-14(2-6-16)12-27-30-22(31-28-13-15-3-7-17(24)8-4-15)29-21(32)19-11-18(25)9-10-20(19)26/h1-13H,(H2,29,30,31,32). The Hall–Kier alpha value is -2.90. The smallest absolute Gasteiger partial charge is 0.259 e. The Kier molecular flexibility index (Phi) is 8.64. The van der Waals surface area contributed by atoms with Crippen LogP contribution in [0.1, 0.15) is 21.5 Å². The van der Waals surface area contributed by atoms with Crippen molar-refractivity contribution in [2.45, 2.75) is 0 Å². The summed E-state index contributed by atoms with van der Waals surface area (Å²) in [7, 11) is 0. The summed E-state index contributed by atoms with van der Waals surface area (Å²) in [6.45, 7) is 0. The predicted octanol–water partition coefficient (Wildman–Crippen LogP) is 6.04. The van der Waals surface area contributed by atoms with Crippen LogP contribution < -0.4 is 10.7 Å². The van der Waals surface area contributed by atoms with Gasteiger partial charge in [0.15, 0.2) is 0 Å². The first-order valence-corrected chi connectivity index (χ1v) is 10.6. The molecular weight excluding hydrogens is 492 g/mol. The van der Waals surface area contributed by atoms with Crippen molar-refractivity contribution in [3.8, 4) is 0 Å². The van der Waals surface area contributed by atoms with Crippen LogP contribution >= 0.6 is 46.4 Å². The second-order valence-corrected chi connectivity index (χ2v) is 7.96. The number of amides is 1. The lowest BCUT2D eigenvalue weighted by atomic mass is 10.2. The number of carbonyl (C=O) groups excluding carboxylic acids is 1. The van der Waals surface area contributed by atoms with Crippen molar-refractivity contribution in [1.82, 2.24) is 10.7 Å². The second-order valence-electron chi connectivity index (χ2n) is 6.24. The molecule has 0 unspecified atom stereocenters. The zero-order chi connectivity index (χ0) is 22.9. The molecule has 0 saturated heterocycles. The molecular formula is C22H15Cl4N5O. The number of nitrogens with zero attached hydrogens (tertiary/aromatic N) is 3. The molecule has 6 nitrogen and oxygen atoms in total. The number of rotatable bonds is 5. The van der Waals surface area contributed by atoms with Crippen LogP contribution in [0.4, 0.5) is 0 Å². The van der Waals surface area contributed by atoms with E-state index in [9.17, 15) is 4.79 Å². The van der Waals surface area contributed by atoms with Crippen molar-refractivity contribution in [2.75, 3.05) is 0 Å². The Balaban J connectivity index is 1.78. The van der Waals surface area contributed by atoms with Gasteiger partial charge >= 0.3 is 0 Å². The fourth-order valence-corrected chi connectivity index (χ4v) is 2.97. The molecule has 0 fully saturated rings. The topological polar surface area (TPSA) is 78.2 Å². The first-order valence-electron chi connectivity index (χ1n) is 9.08. The van der Waals surface area contributed by atoms with Crippen LogP contribution in [-0.2, 0) is 0 Å². The molecule has 0 bridgehead atoms. The summed E-state index contributed by atoms with van der Waals surface area (Å²) in [6, 6.07) is 18.6. The molecule has 3 aromatic carbocycles. The maximum Gasteiger partial charge on any atom is 0.259 e. The van der Waals surface area contributed by atoms with Crippen LogP contribution in [0.25, 0.3) is 0 Å². The SMILES string of the molecule is O=C(NC(=NN=Cc1ccc(Cl)cc1)NN=Cc1ccc(Cl)cc1)c1cc(Cl)ccc1Cl. The van der Waals surface area contributed by atoms with E-state index in [1.807, 2.05) is 0 Å². The minimum absolute atomic E-state index is 0.0264. The second kappa shape index (κ2) is 11.6. The highest BCUT2D eigenvalue weighted by Gasteiger charge is 2.13. The molecule has 0 spiro atoms. The third-order valence-corrected chi connectivity index (χ3v) is 4.96. The molecule has 2 N–H and O–H groups in total. The predicted molar refractivity (Wildman–Crippen MR) is 133 cm³/mol. The lowest BCUT2D eigenvalue weighted by Crippen LogP contribution is -2.38. The van der Waals surface area contributed by atoms with Gasteiger partial charge in [-0.2, -0.15) is 10.2 Å². The Bertz CT molecular complexity index is 1180. The number of hydrogen-bond donors (Lipinski definition) is 2. The molecule has 0 saturated carbocycles. The molecule has 10 heteroatoms. The third kappa shape index (κ3) is 7.35. The number of hydrogen-bond acceptors (Lipinski definition) is 4. The van der Waals surface area contributed by atoms with Crippen molar-refractivity contribution in [3.63, 3.8) is 0 Å². The molecule has 32 heavy (non-hydrogen) atoms. The molecule has 0 aliphatic heterocycles. The van der Waals surface area contributed by atoms with E-state index in [0.29, 0.717) is 15.1 Å². The Morgan fingerprint density at radius 1 is 0.750 bits per heavy atom. The van der Waals surface area contributed by atoms with Gasteiger partial charge in [-0.05, 0) is 53.6 Å². The molecule has 0 aromatic heterocycles. The normalized spacial score (nSPS) is 11.8. The number of hydrazone groups is 1. The lowest BCUT2D eigenvalue weighted by Gasteiger charge is -2.08. The molecule has 0 atom stereocenters.